The van der Waals surface area contributed by atoms with Gasteiger partial charge in [0, 0.05) is 19.6 Å². The molecule has 1 unspecified atom stereocenters. The molecule has 1 fully saturated rings. The predicted molar refractivity (Wildman–Crippen MR) is 61.8 cm³/mol. The van der Waals surface area contributed by atoms with Crippen molar-refractivity contribution in [1.29, 1.82) is 0 Å². The van der Waals surface area contributed by atoms with Crippen molar-refractivity contribution in [2.45, 2.75) is 20.3 Å². The van der Waals surface area contributed by atoms with Crippen LogP contribution >= 0.6 is 0 Å². The van der Waals surface area contributed by atoms with E-state index in [1.165, 1.54) is 0 Å². The molecular weight excluding hydrogens is 224 g/mol. The fourth-order valence-corrected chi connectivity index (χ4v) is 1.50. The van der Waals surface area contributed by atoms with Gasteiger partial charge in [0.25, 0.3) is 0 Å². The van der Waals surface area contributed by atoms with Gasteiger partial charge in [0.2, 0.25) is 0 Å². The summed E-state index contributed by atoms with van der Waals surface area (Å²) in [6.07, 6.45) is 0.478. The highest BCUT2D eigenvalue weighted by Gasteiger charge is 2.32. The summed E-state index contributed by atoms with van der Waals surface area (Å²) in [7, 11) is 0. The zero-order chi connectivity index (χ0) is 12.9. The monoisotopic (exact) mass is 244 g/mol. The molecule has 17 heavy (non-hydrogen) atoms. The highest BCUT2D eigenvalue weighted by atomic mass is 16.5. The van der Waals surface area contributed by atoms with E-state index in [0.29, 0.717) is 32.7 Å². The average Bonchev–Trinajstić information content (AvgIpc) is 2.36. The number of nitrogens with zero attached hydrogens (tertiary/aromatic N) is 1. The van der Waals surface area contributed by atoms with Crippen LogP contribution in [0.2, 0.25) is 0 Å². The number of carbonyl (C=O) groups is 2. The Morgan fingerprint density at radius 2 is 2.00 bits per heavy atom. The van der Waals surface area contributed by atoms with Crippen LogP contribution in [0.15, 0.2) is 0 Å². The summed E-state index contributed by atoms with van der Waals surface area (Å²) < 4.78 is 5.14. The van der Waals surface area contributed by atoms with Crippen molar-refractivity contribution >= 4 is 12.0 Å². The van der Waals surface area contributed by atoms with E-state index in [0.717, 1.165) is 0 Å². The minimum atomic E-state index is -0.901. The van der Waals surface area contributed by atoms with Crippen molar-refractivity contribution in [3.05, 3.63) is 0 Å². The van der Waals surface area contributed by atoms with E-state index in [2.05, 4.69) is 5.32 Å². The molecule has 0 aromatic rings. The summed E-state index contributed by atoms with van der Waals surface area (Å²) in [6.45, 7) is 5.78. The molecule has 1 saturated heterocycles. The highest BCUT2D eigenvalue weighted by Crippen LogP contribution is 2.19. The molecular formula is C11H20N2O4. The Morgan fingerprint density at radius 3 is 2.47 bits per heavy atom. The van der Waals surface area contributed by atoms with Gasteiger partial charge in [0.1, 0.15) is 0 Å². The van der Waals surface area contributed by atoms with Crippen LogP contribution in [0.4, 0.5) is 4.79 Å². The van der Waals surface area contributed by atoms with E-state index in [1.807, 2.05) is 0 Å². The molecule has 2 amide bonds. The number of carbonyl (C=O) groups excluding carboxylic acids is 1. The van der Waals surface area contributed by atoms with Crippen LogP contribution in [0.1, 0.15) is 20.3 Å². The smallest absolute Gasteiger partial charge is 0.317 e. The second kappa shape index (κ2) is 5.86. The molecule has 0 aromatic heterocycles. The Kier molecular flexibility index (Phi) is 4.74. The third kappa shape index (κ3) is 3.59. The van der Waals surface area contributed by atoms with Crippen LogP contribution in [0.5, 0.6) is 0 Å². The molecule has 1 atom stereocenters. The van der Waals surface area contributed by atoms with Gasteiger partial charge in [-0.05, 0) is 13.3 Å². The van der Waals surface area contributed by atoms with Crippen LogP contribution < -0.4 is 5.32 Å². The number of urea groups is 1. The van der Waals surface area contributed by atoms with Gasteiger partial charge < -0.3 is 20.1 Å². The minimum Gasteiger partial charge on any atom is -0.481 e. The fraction of sp³-hybridized carbons (Fsp3) is 0.818. The largest absolute Gasteiger partial charge is 0.481 e. The van der Waals surface area contributed by atoms with E-state index in [9.17, 15) is 9.59 Å². The summed E-state index contributed by atoms with van der Waals surface area (Å²) in [4.78, 5) is 24.4. The number of morpholine rings is 1. The first kappa shape index (κ1) is 13.8. The van der Waals surface area contributed by atoms with Gasteiger partial charge in [-0.1, -0.05) is 6.92 Å². The third-order valence-corrected chi connectivity index (χ3v) is 3.22. The lowest BCUT2D eigenvalue weighted by Gasteiger charge is -2.29. The maximum Gasteiger partial charge on any atom is 0.317 e. The van der Waals surface area contributed by atoms with Crippen LogP contribution in [0.3, 0.4) is 0 Å². The number of carboxylic acid groups (broad SMARTS) is 1. The molecule has 1 aliphatic rings. The van der Waals surface area contributed by atoms with Crippen molar-refractivity contribution in [3.63, 3.8) is 0 Å². The van der Waals surface area contributed by atoms with Crippen LogP contribution in [0, 0.1) is 5.41 Å². The number of nitrogens with one attached hydrogen (secondary N) is 1. The van der Waals surface area contributed by atoms with E-state index in [-0.39, 0.29) is 12.6 Å². The van der Waals surface area contributed by atoms with Gasteiger partial charge >= 0.3 is 12.0 Å². The zero-order valence-electron chi connectivity index (χ0n) is 10.4. The summed E-state index contributed by atoms with van der Waals surface area (Å²) in [5, 5.41) is 11.7. The molecule has 1 heterocycles. The molecule has 6 nitrogen and oxygen atoms in total. The lowest BCUT2D eigenvalue weighted by Crippen LogP contribution is -2.49. The second-order valence-corrected chi connectivity index (χ2v) is 4.48. The van der Waals surface area contributed by atoms with Gasteiger partial charge in [-0.3, -0.25) is 4.79 Å². The molecule has 6 heteroatoms. The Balaban J connectivity index is 2.43. The maximum absolute atomic E-state index is 11.7. The normalized spacial score (nSPS) is 19.5. The molecule has 2 N–H and O–H groups in total. The quantitative estimate of drug-likeness (QED) is 0.756. The number of carboxylic acids is 1. The Bertz CT molecular complexity index is 289. The van der Waals surface area contributed by atoms with Gasteiger partial charge in [0.15, 0.2) is 0 Å². The van der Waals surface area contributed by atoms with Crippen LogP contribution in [-0.4, -0.2) is 54.9 Å². The summed E-state index contributed by atoms with van der Waals surface area (Å²) in [5.41, 5.74) is -0.901. The molecule has 98 valence electrons. The van der Waals surface area contributed by atoms with E-state index in [4.69, 9.17) is 9.84 Å². The molecule has 1 rings (SSSR count). The van der Waals surface area contributed by atoms with Crippen LogP contribution in [-0.2, 0) is 9.53 Å². The Morgan fingerprint density at radius 1 is 1.41 bits per heavy atom. The number of rotatable bonds is 4. The third-order valence-electron chi connectivity index (χ3n) is 3.22. The number of amides is 2. The van der Waals surface area contributed by atoms with Crippen molar-refractivity contribution in [3.8, 4) is 0 Å². The standard InChI is InChI=1S/C11H20N2O4/c1-3-11(2,9(14)15)8-12-10(16)13-4-6-17-7-5-13/h3-8H2,1-2H3,(H,12,16)(H,14,15). The first-order valence-electron chi connectivity index (χ1n) is 5.83. The molecule has 0 aliphatic carbocycles. The first-order valence-corrected chi connectivity index (χ1v) is 5.83. The second-order valence-electron chi connectivity index (χ2n) is 4.48. The molecule has 0 saturated carbocycles. The number of aliphatic carboxylic acids is 1. The Hall–Kier alpha value is -1.30. The summed E-state index contributed by atoms with van der Waals surface area (Å²) >= 11 is 0. The van der Waals surface area contributed by atoms with Crippen molar-refractivity contribution in [2.24, 2.45) is 5.41 Å². The summed E-state index contributed by atoms with van der Waals surface area (Å²) in [6, 6.07) is -0.214. The number of hydrogen-bond donors (Lipinski definition) is 2. The van der Waals surface area contributed by atoms with Gasteiger partial charge in [0.05, 0.1) is 18.6 Å². The van der Waals surface area contributed by atoms with E-state index >= 15 is 0 Å². The molecule has 1 aliphatic heterocycles. The fourth-order valence-electron chi connectivity index (χ4n) is 1.50. The molecule has 0 spiro atoms. The number of ether oxygens (including phenoxy) is 1. The molecule has 0 radical (unpaired) electrons. The molecule has 0 aromatic carbocycles. The van der Waals surface area contributed by atoms with E-state index in [1.54, 1.807) is 18.7 Å². The SMILES string of the molecule is CCC(C)(CNC(=O)N1CCOCC1)C(=O)O. The first-order chi connectivity index (χ1) is 7.99. The van der Waals surface area contributed by atoms with Crippen molar-refractivity contribution < 1.29 is 19.4 Å². The Labute approximate surface area is 101 Å². The van der Waals surface area contributed by atoms with Crippen molar-refractivity contribution in [1.82, 2.24) is 10.2 Å². The average molecular weight is 244 g/mol. The molecule has 0 bridgehead atoms. The summed E-state index contributed by atoms with van der Waals surface area (Å²) in [5.74, 6) is -0.887. The van der Waals surface area contributed by atoms with Gasteiger partial charge in [-0.15, -0.1) is 0 Å². The van der Waals surface area contributed by atoms with E-state index < -0.39 is 11.4 Å². The number of hydrogen-bond acceptors (Lipinski definition) is 3. The van der Waals surface area contributed by atoms with Crippen molar-refractivity contribution in [2.75, 3.05) is 32.8 Å². The van der Waals surface area contributed by atoms with Gasteiger partial charge in [-0.2, -0.15) is 0 Å². The lowest BCUT2D eigenvalue weighted by atomic mass is 9.88. The topological polar surface area (TPSA) is 78.9 Å². The van der Waals surface area contributed by atoms with Crippen LogP contribution in [0.25, 0.3) is 0 Å². The lowest BCUT2D eigenvalue weighted by molar-refractivity contribution is -0.147. The highest BCUT2D eigenvalue weighted by molar-refractivity contribution is 5.77. The zero-order valence-corrected chi connectivity index (χ0v) is 10.4. The minimum absolute atomic E-state index is 0.148. The maximum atomic E-state index is 11.7. The predicted octanol–water partition coefficient (Wildman–Crippen LogP) is 0.529. The van der Waals surface area contributed by atoms with Gasteiger partial charge in [-0.25, -0.2) is 4.79 Å².